The Morgan fingerprint density at radius 1 is 1.08 bits per heavy atom. The summed E-state index contributed by atoms with van der Waals surface area (Å²) < 4.78 is 39.4. The van der Waals surface area contributed by atoms with Crippen molar-refractivity contribution >= 4 is 17.3 Å². The van der Waals surface area contributed by atoms with E-state index < -0.39 is 34.6 Å². The third kappa shape index (κ3) is 3.64. The molecule has 0 aliphatic heterocycles. The molecule has 2 rings (SSSR count). The van der Waals surface area contributed by atoms with Gasteiger partial charge in [0.15, 0.2) is 17.5 Å². The van der Waals surface area contributed by atoms with E-state index in [0.29, 0.717) is 6.07 Å². The lowest BCUT2D eigenvalue weighted by Gasteiger charge is -2.07. The predicted molar refractivity (Wildman–Crippen MR) is 80.4 cm³/mol. The van der Waals surface area contributed by atoms with Gasteiger partial charge in [-0.15, -0.1) is 0 Å². The first-order valence-electron chi connectivity index (χ1n) is 6.53. The van der Waals surface area contributed by atoms with Crippen molar-refractivity contribution in [3.8, 4) is 11.8 Å². The van der Waals surface area contributed by atoms with Gasteiger partial charge in [0.1, 0.15) is 17.4 Å². The number of rotatable bonds is 4. The van der Waals surface area contributed by atoms with Crippen molar-refractivity contribution in [3.63, 3.8) is 0 Å². The molecule has 24 heavy (non-hydrogen) atoms. The molecule has 0 aliphatic rings. The van der Waals surface area contributed by atoms with Gasteiger partial charge in [-0.3, -0.25) is 4.79 Å². The normalized spacial score (nSPS) is 10.8. The second-order valence-electron chi connectivity index (χ2n) is 4.51. The number of hydrogen-bond donors (Lipinski definition) is 3. The van der Waals surface area contributed by atoms with Crippen LogP contribution in [0.1, 0.15) is 0 Å². The lowest BCUT2D eigenvalue weighted by atomic mass is 10.2. The van der Waals surface area contributed by atoms with E-state index >= 15 is 0 Å². The van der Waals surface area contributed by atoms with Crippen LogP contribution in [0.5, 0.6) is 5.75 Å². The first-order valence-corrected chi connectivity index (χ1v) is 6.53. The number of hydrogen-bond acceptors (Lipinski definition) is 4. The summed E-state index contributed by atoms with van der Waals surface area (Å²) in [6.45, 7) is 0. The number of amides is 1. The van der Waals surface area contributed by atoms with Gasteiger partial charge < -0.3 is 15.7 Å². The van der Waals surface area contributed by atoms with Crippen molar-refractivity contribution in [2.75, 3.05) is 10.6 Å². The van der Waals surface area contributed by atoms with Gasteiger partial charge in [0.25, 0.3) is 5.91 Å². The first-order chi connectivity index (χ1) is 11.4. The molecule has 0 spiro atoms. The molecule has 0 unspecified atom stereocenters. The summed E-state index contributed by atoms with van der Waals surface area (Å²) in [5, 5.41) is 23.0. The summed E-state index contributed by atoms with van der Waals surface area (Å²) in [6.07, 6.45) is 0.838. The number of nitriles is 1. The quantitative estimate of drug-likeness (QED) is 0.347. The summed E-state index contributed by atoms with van der Waals surface area (Å²) in [5.74, 6) is -5.60. The summed E-state index contributed by atoms with van der Waals surface area (Å²) in [6, 6.07) is 9.02. The molecule has 0 radical (unpaired) electrons. The largest absolute Gasteiger partial charge is 0.506 e. The SMILES string of the molecule is N#C/C(=C/Nc1ccc(F)c(F)c1F)C(=O)Nc1ccccc1O. The van der Waals surface area contributed by atoms with Crippen LogP contribution in [0.2, 0.25) is 0 Å². The highest BCUT2D eigenvalue weighted by atomic mass is 19.2. The van der Waals surface area contributed by atoms with Crippen LogP contribution >= 0.6 is 0 Å². The fourth-order valence-electron chi connectivity index (χ4n) is 1.70. The number of nitrogens with one attached hydrogen (secondary N) is 2. The number of benzene rings is 2. The smallest absolute Gasteiger partial charge is 0.267 e. The predicted octanol–water partition coefficient (Wildman–Crippen LogP) is 3.27. The van der Waals surface area contributed by atoms with Gasteiger partial charge >= 0.3 is 0 Å². The van der Waals surface area contributed by atoms with E-state index in [1.54, 1.807) is 18.2 Å². The molecule has 2 aromatic carbocycles. The number of anilines is 2. The van der Waals surface area contributed by atoms with Crippen LogP contribution in [-0.4, -0.2) is 11.0 Å². The molecule has 1 amide bonds. The van der Waals surface area contributed by atoms with E-state index in [-0.39, 0.29) is 11.4 Å². The van der Waals surface area contributed by atoms with Crippen molar-refractivity contribution in [2.24, 2.45) is 0 Å². The Kier molecular flexibility index (Phi) is 5.06. The maximum absolute atomic E-state index is 13.5. The highest BCUT2D eigenvalue weighted by Gasteiger charge is 2.14. The zero-order valence-electron chi connectivity index (χ0n) is 12.0. The number of nitrogens with zero attached hydrogens (tertiary/aromatic N) is 1. The first kappa shape index (κ1) is 16.9. The van der Waals surface area contributed by atoms with Gasteiger partial charge in [-0.1, -0.05) is 12.1 Å². The average molecular weight is 333 g/mol. The Hall–Kier alpha value is -3.47. The lowest BCUT2D eigenvalue weighted by molar-refractivity contribution is -0.112. The molecular weight excluding hydrogens is 323 g/mol. The average Bonchev–Trinajstić information content (AvgIpc) is 2.57. The number of para-hydroxylation sites is 2. The molecule has 5 nitrogen and oxygen atoms in total. The maximum Gasteiger partial charge on any atom is 0.267 e. The van der Waals surface area contributed by atoms with Gasteiger partial charge in [-0.25, -0.2) is 13.2 Å². The molecule has 2 aromatic rings. The maximum atomic E-state index is 13.5. The fraction of sp³-hybridized carbons (Fsp3) is 0. The molecule has 0 fully saturated rings. The monoisotopic (exact) mass is 333 g/mol. The van der Waals surface area contributed by atoms with Crippen LogP contribution in [0, 0.1) is 28.8 Å². The van der Waals surface area contributed by atoms with Crippen molar-refractivity contribution in [3.05, 3.63) is 65.6 Å². The van der Waals surface area contributed by atoms with Gasteiger partial charge in [0.05, 0.1) is 11.4 Å². The molecule has 0 heterocycles. The zero-order chi connectivity index (χ0) is 17.7. The molecule has 0 saturated carbocycles. The highest BCUT2D eigenvalue weighted by molar-refractivity contribution is 6.07. The minimum atomic E-state index is -1.68. The highest BCUT2D eigenvalue weighted by Crippen LogP contribution is 2.22. The van der Waals surface area contributed by atoms with E-state index in [1.165, 1.54) is 12.1 Å². The third-order valence-electron chi connectivity index (χ3n) is 2.92. The van der Waals surface area contributed by atoms with Crippen molar-refractivity contribution in [2.45, 2.75) is 0 Å². The third-order valence-corrected chi connectivity index (χ3v) is 2.92. The summed E-state index contributed by atoms with van der Waals surface area (Å²) >= 11 is 0. The molecular formula is C16H10F3N3O2. The molecule has 0 aromatic heterocycles. The van der Waals surface area contributed by atoms with Gasteiger partial charge in [-0.2, -0.15) is 5.26 Å². The number of aromatic hydroxyl groups is 1. The van der Waals surface area contributed by atoms with E-state index in [1.807, 2.05) is 0 Å². The molecule has 122 valence electrons. The second-order valence-corrected chi connectivity index (χ2v) is 4.51. The minimum absolute atomic E-state index is 0.0719. The van der Waals surface area contributed by atoms with Crippen molar-refractivity contribution in [1.29, 1.82) is 5.26 Å². The van der Waals surface area contributed by atoms with Gasteiger partial charge in [0, 0.05) is 6.20 Å². The summed E-state index contributed by atoms with van der Waals surface area (Å²) in [4.78, 5) is 11.9. The molecule has 0 aliphatic carbocycles. The van der Waals surface area contributed by atoms with Crippen LogP contribution in [-0.2, 0) is 4.79 Å². The molecule has 0 bridgehead atoms. The molecule has 0 atom stereocenters. The Morgan fingerprint density at radius 2 is 1.79 bits per heavy atom. The summed E-state index contributed by atoms with van der Waals surface area (Å²) in [7, 11) is 0. The van der Waals surface area contributed by atoms with Crippen LogP contribution in [0.15, 0.2) is 48.2 Å². The lowest BCUT2D eigenvalue weighted by Crippen LogP contribution is -2.14. The van der Waals surface area contributed by atoms with Crippen LogP contribution in [0.4, 0.5) is 24.5 Å². The number of phenols is 1. The van der Waals surface area contributed by atoms with E-state index in [9.17, 15) is 23.1 Å². The molecule has 3 N–H and O–H groups in total. The topological polar surface area (TPSA) is 85.2 Å². The van der Waals surface area contributed by atoms with Gasteiger partial charge in [0.2, 0.25) is 0 Å². The number of carbonyl (C=O) groups excluding carboxylic acids is 1. The molecule has 8 heteroatoms. The zero-order valence-corrected chi connectivity index (χ0v) is 12.0. The van der Waals surface area contributed by atoms with E-state index in [0.717, 1.165) is 12.3 Å². The Balaban J connectivity index is 2.18. The Morgan fingerprint density at radius 3 is 2.46 bits per heavy atom. The van der Waals surface area contributed by atoms with Gasteiger partial charge in [-0.05, 0) is 24.3 Å². The standard InChI is InChI=1S/C16H10F3N3O2/c17-10-5-6-12(15(19)14(10)18)21-8-9(7-20)16(24)22-11-3-1-2-4-13(11)23/h1-6,8,21,23H,(H,22,24)/b9-8-. The molecule has 0 saturated heterocycles. The number of carbonyl (C=O) groups is 1. The van der Waals surface area contributed by atoms with Crippen LogP contribution in [0.3, 0.4) is 0 Å². The van der Waals surface area contributed by atoms with E-state index in [4.69, 9.17) is 5.26 Å². The van der Waals surface area contributed by atoms with E-state index in [2.05, 4.69) is 10.6 Å². The van der Waals surface area contributed by atoms with Crippen LogP contribution in [0.25, 0.3) is 0 Å². The van der Waals surface area contributed by atoms with Crippen LogP contribution < -0.4 is 10.6 Å². The van der Waals surface area contributed by atoms with Crippen molar-refractivity contribution in [1.82, 2.24) is 0 Å². The summed E-state index contributed by atoms with van der Waals surface area (Å²) in [5.41, 5.74) is -0.845. The number of phenolic OH excluding ortho intramolecular Hbond substituents is 1. The van der Waals surface area contributed by atoms with Crippen molar-refractivity contribution < 1.29 is 23.1 Å². The Labute approximate surface area is 134 Å². The number of halogens is 3. The minimum Gasteiger partial charge on any atom is -0.506 e. The second kappa shape index (κ2) is 7.19. The Bertz CT molecular complexity index is 860. The fourth-order valence-corrected chi connectivity index (χ4v) is 1.70.